The highest BCUT2D eigenvalue weighted by Crippen LogP contribution is 2.41. The fraction of sp³-hybridized carbons (Fsp3) is 0.318. The van der Waals surface area contributed by atoms with Gasteiger partial charge in [-0.25, -0.2) is 8.78 Å². The molecule has 0 aliphatic heterocycles. The van der Waals surface area contributed by atoms with Crippen LogP contribution in [-0.2, 0) is 0 Å². The summed E-state index contributed by atoms with van der Waals surface area (Å²) in [5.74, 6) is -3.90. The molecular formula is C22H23F2N3O5. The predicted molar refractivity (Wildman–Crippen MR) is 116 cm³/mol. The maximum atomic E-state index is 14.5. The largest absolute Gasteiger partial charge is 0.505 e. The molecular weight excluding hydrogens is 424 g/mol. The number of furan rings is 1. The van der Waals surface area contributed by atoms with Crippen LogP contribution in [0.15, 0.2) is 44.3 Å². The van der Waals surface area contributed by atoms with E-state index in [4.69, 9.17) is 4.42 Å². The zero-order valence-electron chi connectivity index (χ0n) is 18.2. The van der Waals surface area contributed by atoms with Crippen molar-refractivity contribution in [3.05, 3.63) is 67.9 Å². The van der Waals surface area contributed by atoms with Crippen LogP contribution in [0.3, 0.4) is 0 Å². The molecule has 0 aliphatic rings. The Labute approximate surface area is 182 Å². The van der Waals surface area contributed by atoms with E-state index < -0.39 is 34.5 Å². The highest BCUT2D eigenvalue weighted by atomic mass is 19.3. The molecule has 10 heteroatoms. The zero-order chi connectivity index (χ0) is 24.0. The van der Waals surface area contributed by atoms with Gasteiger partial charge in [0.1, 0.15) is 22.9 Å². The minimum Gasteiger partial charge on any atom is -0.505 e. The lowest BCUT2D eigenvalue weighted by molar-refractivity contribution is -0.0141. The number of halogens is 2. The van der Waals surface area contributed by atoms with Crippen molar-refractivity contribution in [1.29, 1.82) is 0 Å². The number of nitrogens with zero attached hydrogens (tertiary/aromatic N) is 2. The van der Waals surface area contributed by atoms with Gasteiger partial charge in [-0.3, -0.25) is 14.4 Å². The molecule has 0 saturated heterocycles. The summed E-state index contributed by atoms with van der Waals surface area (Å²) in [4.78, 5) is 39.1. The standard InChI is InChI=1S/C22H23F2N3O5/c1-11-9-10-14(32-11)20(22(2,23)24)27(5)16-15(18(29)19(16)30)25-13-8-6-7-12(17(13)28)21(31)26(3)4/h6-10,20,25,28H,1-5H3/t20-/m0/s1. The average Bonchev–Trinajstić information content (AvgIpc) is 3.12. The Bertz CT molecular complexity index is 1240. The van der Waals surface area contributed by atoms with Crippen molar-refractivity contribution in [3.8, 4) is 5.75 Å². The summed E-state index contributed by atoms with van der Waals surface area (Å²) in [5, 5.41) is 13.1. The molecule has 0 spiro atoms. The van der Waals surface area contributed by atoms with Gasteiger partial charge >= 0.3 is 0 Å². The fourth-order valence-corrected chi connectivity index (χ4v) is 3.53. The van der Waals surface area contributed by atoms with Gasteiger partial charge in [-0.05, 0) is 31.2 Å². The third kappa shape index (κ3) is 3.95. The average molecular weight is 447 g/mol. The van der Waals surface area contributed by atoms with Crippen LogP contribution in [0.4, 0.5) is 25.8 Å². The van der Waals surface area contributed by atoms with E-state index >= 15 is 0 Å². The molecule has 1 amide bonds. The van der Waals surface area contributed by atoms with E-state index in [1.807, 2.05) is 0 Å². The number of carbonyl (C=O) groups is 1. The van der Waals surface area contributed by atoms with Crippen LogP contribution in [0.5, 0.6) is 5.75 Å². The molecule has 0 fully saturated rings. The van der Waals surface area contributed by atoms with E-state index in [1.54, 1.807) is 6.92 Å². The number of phenols is 1. The van der Waals surface area contributed by atoms with E-state index in [2.05, 4.69) is 5.32 Å². The Balaban J connectivity index is 2.03. The lowest BCUT2D eigenvalue weighted by Crippen LogP contribution is -2.45. The number of benzene rings is 1. The third-order valence-electron chi connectivity index (χ3n) is 5.07. The molecule has 170 valence electrons. The topological polar surface area (TPSA) is 103 Å². The van der Waals surface area contributed by atoms with Crippen molar-refractivity contribution in [2.75, 3.05) is 31.4 Å². The van der Waals surface area contributed by atoms with Gasteiger partial charge in [0.15, 0.2) is 11.8 Å². The number of alkyl halides is 2. The van der Waals surface area contributed by atoms with E-state index in [9.17, 15) is 28.3 Å². The van der Waals surface area contributed by atoms with Crippen molar-refractivity contribution >= 4 is 23.0 Å². The van der Waals surface area contributed by atoms with Crippen LogP contribution in [0.2, 0.25) is 0 Å². The Kier molecular flexibility index (Phi) is 5.82. The number of rotatable bonds is 7. The lowest BCUT2D eigenvalue weighted by atomic mass is 10.0. The second-order valence-electron chi connectivity index (χ2n) is 7.83. The summed E-state index contributed by atoms with van der Waals surface area (Å²) in [7, 11) is 4.27. The predicted octanol–water partition coefficient (Wildman–Crippen LogP) is 3.17. The van der Waals surface area contributed by atoms with Crippen LogP contribution >= 0.6 is 0 Å². The molecule has 3 rings (SSSR count). The van der Waals surface area contributed by atoms with Gasteiger partial charge in [0.05, 0.1) is 11.3 Å². The molecule has 2 aromatic carbocycles. The minimum absolute atomic E-state index is 0.0203. The maximum absolute atomic E-state index is 14.5. The molecule has 1 atom stereocenters. The van der Waals surface area contributed by atoms with E-state index in [-0.39, 0.29) is 28.4 Å². The van der Waals surface area contributed by atoms with E-state index in [1.165, 1.54) is 56.4 Å². The molecule has 8 nitrogen and oxygen atoms in total. The highest BCUT2D eigenvalue weighted by Gasteiger charge is 2.43. The van der Waals surface area contributed by atoms with Gasteiger partial charge in [-0.1, -0.05) is 6.07 Å². The molecule has 0 saturated carbocycles. The number of aryl methyl sites for hydroxylation is 1. The second-order valence-corrected chi connectivity index (χ2v) is 7.83. The first kappa shape index (κ1) is 23.0. The normalized spacial score (nSPS) is 12.6. The van der Waals surface area contributed by atoms with Crippen LogP contribution in [0, 0.1) is 6.92 Å². The second kappa shape index (κ2) is 8.10. The van der Waals surface area contributed by atoms with Crippen LogP contribution in [0.25, 0.3) is 0 Å². The minimum atomic E-state index is -3.32. The molecule has 0 unspecified atom stereocenters. The van der Waals surface area contributed by atoms with Crippen molar-refractivity contribution in [1.82, 2.24) is 4.90 Å². The zero-order valence-corrected chi connectivity index (χ0v) is 18.2. The summed E-state index contributed by atoms with van der Waals surface area (Å²) in [6.45, 7) is 2.29. The summed E-state index contributed by atoms with van der Waals surface area (Å²) in [6, 6.07) is 5.51. The number of amides is 1. The van der Waals surface area contributed by atoms with E-state index in [0.29, 0.717) is 12.7 Å². The van der Waals surface area contributed by atoms with Crippen molar-refractivity contribution in [3.63, 3.8) is 0 Å². The summed E-state index contributed by atoms with van der Waals surface area (Å²) >= 11 is 0. The number of carbonyl (C=O) groups excluding carboxylic acids is 1. The molecule has 32 heavy (non-hydrogen) atoms. The first-order valence-corrected chi connectivity index (χ1v) is 9.65. The fourth-order valence-electron chi connectivity index (χ4n) is 3.53. The molecule has 0 radical (unpaired) electrons. The Morgan fingerprint density at radius 1 is 1.12 bits per heavy atom. The number of phenolic OH excluding ortho intramolecular Hbond substituents is 1. The van der Waals surface area contributed by atoms with Crippen molar-refractivity contribution in [2.45, 2.75) is 25.8 Å². The van der Waals surface area contributed by atoms with Crippen LogP contribution in [0.1, 0.15) is 34.8 Å². The summed E-state index contributed by atoms with van der Waals surface area (Å²) < 4.78 is 34.3. The SMILES string of the molecule is Cc1ccc([C@H](N(C)c2c(Nc3cccc(C(=O)N(C)C)c3O)c(=O)c2=O)C(C)(F)F)o1. The quantitative estimate of drug-likeness (QED) is 0.424. The molecule has 1 aromatic heterocycles. The summed E-state index contributed by atoms with van der Waals surface area (Å²) in [6.07, 6.45) is 0. The summed E-state index contributed by atoms with van der Waals surface area (Å²) in [5.41, 5.74) is -2.47. The van der Waals surface area contributed by atoms with Gasteiger partial charge in [0.2, 0.25) is 0 Å². The Morgan fingerprint density at radius 2 is 1.78 bits per heavy atom. The number of nitrogens with one attached hydrogen (secondary N) is 1. The van der Waals surface area contributed by atoms with Gasteiger partial charge in [0.25, 0.3) is 22.7 Å². The molecule has 0 bridgehead atoms. The molecule has 3 aromatic rings. The van der Waals surface area contributed by atoms with Crippen LogP contribution in [-0.4, -0.2) is 43.0 Å². The van der Waals surface area contributed by atoms with Gasteiger partial charge < -0.3 is 24.6 Å². The smallest absolute Gasteiger partial charge is 0.272 e. The van der Waals surface area contributed by atoms with Crippen molar-refractivity contribution < 1.29 is 23.1 Å². The number of hydrogen-bond acceptors (Lipinski definition) is 7. The van der Waals surface area contributed by atoms with Gasteiger partial charge in [-0.2, -0.15) is 0 Å². The number of anilines is 3. The monoisotopic (exact) mass is 447 g/mol. The molecule has 1 heterocycles. The van der Waals surface area contributed by atoms with Gasteiger partial charge in [-0.15, -0.1) is 0 Å². The first-order chi connectivity index (χ1) is 14.8. The molecule has 0 aliphatic carbocycles. The number of para-hydroxylation sites is 1. The molecule has 2 N–H and O–H groups in total. The third-order valence-corrected chi connectivity index (χ3v) is 5.07. The number of aromatic hydroxyl groups is 1. The lowest BCUT2D eigenvalue weighted by Gasteiger charge is -2.34. The van der Waals surface area contributed by atoms with Gasteiger partial charge in [0, 0.05) is 28.1 Å². The van der Waals surface area contributed by atoms with E-state index in [0.717, 1.165) is 4.90 Å². The van der Waals surface area contributed by atoms with Crippen molar-refractivity contribution in [2.24, 2.45) is 0 Å². The number of hydrogen-bond donors (Lipinski definition) is 2. The maximum Gasteiger partial charge on any atom is 0.272 e. The first-order valence-electron chi connectivity index (χ1n) is 9.65. The van der Waals surface area contributed by atoms with Crippen LogP contribution < -0.4 is 21.1 Å². The Morgan fingerprint density at radius 3 is 2.31 bits per heavy atom. The highest BCUT2D eigenvalue weighted by molar-refractivity contribution is 5.99. The Hall–Kier alpha value is -3.69.